The van der Waals surface area contributed by atoms with Crippen molar-refractivity contribution < 1.29 is 0 Å². The number of nitrogens with one attached hydrogen (secondary N) is 3. The number of aromatic amines is 1. The molecule has 0 saturated heterocycles. The quantitative estimate of drug-likeness (QED) is 0.504. The van der Waals surface area contributed by atoms with Gasteiger partial charge in [0.2, 0.25) is 0 Å². The fourth-order valence-corrected chi connectivity index (χ4v) is 3.64. The maximum atomic E-state index is 4.64. The normalized spacial score (nSPS) is 17.2. The molecule has 1 unspecified atom stereocenters. The van der Waals surface area contributed by atoms with Crippen molar-refractivity contribution >= 4 is 17.0 Å². The summed E-state index contributed by atoms with van der Waals surface area (Å²) in [6.45, 7) is 2.71. The minimum Gasteiger partial charge on any atom is -0.353 e. The van der Waals surface area contributed by atoms with Crippen LogP contribution in [-0.2, 0) is 19.4 Å². The van der Waals surface area contributed by atoms with Crippen molar-refractivity contribution in [3.05, 3.63) is 65.0 Å². The van der Waals surface area contributed by atoms with Crippen molar-refractivity contribution in [3.8, 4) is 0 Å². The summed E-state index contributed by atoms with van der Waals surface area (Å²) in [5, 5.41) is 6.93. The van der Waals surface area contributed by atoms with Crippen molar-refractivity contribution in [2.24, 2.45) is 4.99 Å². The van der Waals surface area contributed by atoms with Gasteiger partial charge in [0.05, 0.1) is 17.6 Å². The summed E-state index contributed by atoms with van der Waals surface area (Å²) < 4.78 is 0. The molecule has 0 radical (unpaired) electrons. The molecule has 5 heteroatoms. The van der Waals surface area contributed by atoms with Crippen LogP contribution in [0.2, 0.25) is 0 Å². The second-order valence-corrected chi connectivity index (χ2v) is 6.98. The van der Waals surface area contributed by atoms with E-state index in [1.807, 2.05) is 7.05 Å². The zero-order valence-electron chi connectivity index (χ0n) is 15.3. The van der Waals surface area contributed by atoms with Crippen LogP contribution in [0.3, 0.4) is 0 Å². The largest absolute Gasteiger partial charge is 0.353 e. The van der Waals surface area contributed by atoms with E-state index in [0.717, 1.165) is 42.1 Å². The Hall–Kier alpha value is -2.82. The third-order valence-electron chi connectivity index (χ3n) is 5.02. The first-order valence-electron chi connectivity index (χ1n) is 9.20. The van der Waals surface area contributed by atoms with E-state index in [0.29, 0.717) is 12.6 Å². The molecule has 0 amide bonds. The smallest absolute Gasteiger partial charge is 0.191 e. The molecule has 3 aromatic rings. The third-order valence-corrected chi connectivity index (χ3v) is 5.02. The maximum Gasteiger partial charge on any atom is 0.191 e. The summed E-state index contributed by atoms with van der Waals surface area (Å²) >= 11 is 0. The number of aliphatic imine (C=N–C) groups is 1. The molecule has 1 aromatic heterocycles. The lowest BCUT2D eigenvalue weighted by atomic mass is 9.88. The van der Waals surface area contributed by atoms with Crippen LogP contribution in [0.25, 0.3) is 11.0 Å². The molecule has 3 N–H and O–H groups in total. The van der Waals surface area contributed by atoms with Gasteiger partial charge in [-0.2, -0.15) is 0 Å². The first-order valence-corrected chi connectivity index (χ1v) is 9.20. The van der Waals surface area contributed by atoms with Crippen molar-refractivity contribution in [2.45, 2.75) is 38.8 Å². The van der Waals surface area contributed by atoms with Crippen LogP contribution in [0.5, 0.6) is 0 Å². The highest BCUT2D eigenvalue weighted by Gasteiger charge is 2.19. The van der Waals surface area contributed by atoms with E-state index in [1.165, 1.54) is 16.7 Å². The molecule has 1 aliphatic carbocycles. The number of nitrogens with zero attached hydrogens (tertiary/aromatic N) is 2. The molecule has 4 rings (SSSR count). The first-order chi connectivity index (χ1) is 12.7. The number of aromatic nitrogens is 2. The van der Waals surface area contributed by atoms with Gasteiger partial charge in [0.1, 0.15) is 5.82 Å². The van der Waals surface area contributed by atoms with Crippen molar-refractivity contribution in [1.29, 1.82) is 0 Å². The van der Waals surface area contributed by atoms with Gasteiger partial charge in [-0.05, 0) is 55.0 Å². The molecule has 0 spiro atoms. The van der Waals surface area contributed by atoms with E-state index in [9.17, 15) is 0 Å². The summed E-state index contributed by atoms with van der Waals surface area (Å²) in [5.41, 5.74) is 6.23. The highest BCUT2D eigenvalue weighted by Crippen LogP contribution is 2.21. The summed E-state index contributed by atoms with van der Waals surface area (Å²) in [5.74, 6) is 1.74. The van der Waals surface area contributed by atoms with Crippen LogP contribution in [0.15, 0.2) is 47.5 Å². The molecule has 2 aromatic carbocycles. The molecule has 1 aliphatic rings. The van der Waals surface area contributed by atoms with Gasteiger partial charge < -0.3 is 15.6 Å². The minimum absolute atomic E-state index is 0.412. The molecule has 5 nitrogen and oxygen atoms in total. The molecule has 0 aliphatic heterocycles. The van der Waals surface area contributed by atoms with Gasteiger partial charge in [-0.1, -0.05) is 30.3 Å². The SMILES string of the molecule is CN=C(NCc1nc2ccc(C)cc2[nH]1)NC1CCc2ccccc2C1. The standard InChI is InChI=1S/C21H25N5/c1-14-7-10-18-19(11-14)26-20(25-18)13-23-21(22-2)24-17-9-8-15-5-3-4-6-16(15)12-17/h3-7,10-11,17H,8-9,12-13H2,1-2H3,(H,25,26)(H2,22,23,24). The number of hydrogen-bond donors (Lipinski definition) is 3. The first kappa shape index (κ1) is 16.6. The topological polar surface area (TPSA) is 65.1 Å². The molecule has 1 atom stereocenters. The maximum absolute atomic E-state index is 4.64. The van der Waals surface area contributed by atoms with E-state index < -0.39 is 0 Å². The number of fused-ring (bicyclic) bond motifs is 2. The Morgan fingerprint density at radius 1 is 1.23 bits per heavy atom. The number of benzene rings is 2. The van der Waals surface area contributed by atoms with Crippen LogP contribution in [0.1, 0.15) is 28.9 Å². The van der Waals surface area contributed by atoms with E-state index in [1.54, 1.807) is 0 Å². The fourth-order valence-electron chi connectivity index (χ4n) is 3.64. The zero-order valence-corrected chi connectivity index (χ0v) is 15.3. The lowest BCUT2D eigenvalue weighted by Crippen LogP contribution is -2.45. The Labute approximate surface area is 154 Å². The lowest BCUT2D eigenvalue weighted by molar-refractivity contribution is 0.520. The van der Waals surface area contributed by atoms with Crippen LogP contribution >= 0.6 is 0 Å². The number of H-pyrrole nitrogens is 1. The Balaban J connectivity index is 1.37. The predicted molar refractivity (Wildman–Crippen MR) is 106 cm³/mol. The molecular formula is C21H25N5. The molecule has 26 heavy (non-hydrogen) atoms. The van der Waals surface area contributed by atoms with Crippen molar-refractivity contribution in [2.75, 3.05) is 7.05 Å². The van der Waals surface area contributed by atoms with Crippen molar-refractivity contribution in [3.63, 3.8) is 0 Å². The van der Waals surface area contributed by atoms with Crippen LogP contribution < -0.4 is 10.6 Å². The molecular weight excluding hydrogens is 322 g/mol. The average Bonchev–Trinajstić information content (AvgIpc) is 3.07. The van der Waals surface area contributed by atoms with Gasteiger partial charge in [-0.25, -0.2) is 4.98 Å². The predicted octanol–water partition coefficient (Wildman–Crippen LogP) is 3.09. The number of imidazole rings is 1. The molecule has 0 fully saturated rings. The van der Waals surface area contributed by atoms with Gasteiger partial charge in [0.25, 0.3) is 0 Å². The number of aryl methyl sites for hydroxylation is 2. The van der Waals surface area contributed by atoms with Crippen molar-refractivity contribution in [1.82, 2.24) is 20.6 Å². The van der Waals surface area contributed by atoms with Crippen LogP contribution in [-0.4, -0.2) is 29.0 Å². The van der Waals surface area contributed by atoms with Gasteiger partial charge >= 0.3 is 0 Å². The van der Waals surface area contributed by atoms with Crippen LogP contribution in [0, 0.1) is 6.92 Å². The summed E-state index contributed by atoms with van der Waals surface area (Å²) in [7, 11) is 1.81. The monoisotopic (exact) mass is 347 g/mol. The Morgan fingerprint density at radius 3 is 2.92 bits per heavy atom. The third kappa shape index (κ3) is 3.57. The van der Waals surface area contributed by atoms with Gasteiger partial charge in [-0.15, -0.1) is 0 Å². The van der Waals surface area contributed by atoms with Crippen LogP contribution in [0.4, 0.5) is 0 Å². The van der Waals surface area contributed by atoms with Gasteiger partial charge in [0.15, 0.2) is 5.96 Å². The second-order valence-electron chi connectivity index (χ2n) is 6.98. The lowest BCUT2D eigenvalue weighted by Gasteiger charge is -2.27. The summed E-state index contributed by atoms with van der Waals surface area (Å²) in [4.78, 5) is 12.4. The highest BCUT2D eigenvalue weighted by molar-refractivity contribution is 5.80. The molecule has 134 valence electrons. The summed E-state index contributed by atoms with van der Waals surface area (Å²) in [6.07, 6.45) is 3.29. The minimum atomic E-state index is 0.412. The van der Waals surface area contributed by atoms with Gasteiger partial charge in [-0.3, -0.25) is 4.99 Å². The van der Waals surface area contributed by atoms with Gasteiger partial charge in [0, 0.05) is 13.1 Å². The average molecular weight is 347 g/mol. The van der Waals surface area contributed by atoms with E-state index in [2.05, 4.69) is 75.0 Å². The Morgan fingerprint density at radius 2 is 2.08 bits per heavy atom. The number of hydrogen-bond acceptors (Lipinski definition) is 2. The van der Waals surface area contributed by atoms with E-state index in [4.69, 9.17) is 0 Å². The van der Waals surface area contributed by atoms with E-state index in [-0.39, 0.29) is 0 Å². The summed E-state index contributed by atoms with van der Waals surface area (Å²) in [6, 6.07) is 15.4. The Kier molecular flexibility index (Phi) is 4.61. The Bertz CT molecular complexity index is 940. The number of guanidine groups is 1. The highest BCUT2D eigenvalue weighted by atomic mass is 15.2. The molecule has 0 saturated carbocycles. The molecule has 0 bridgehead atoms. The second kappa shape index (κ2) is 7.20. The van der Waals surface area contributed by atoms with E-state index >= 15 is 0 Å². The fraction of sp³-hybridized carbons (Fsp3) is 0.333. The number of rotatable bonds is 3. The molecule has 1 heterocycles. The zero-order chi connectivity index (χ0) is 17.9.